The Labute approximate surface area is 115 Å². The molecular weight excluding hydrogens is 244 g/mol. The summed E-state index contributed by atoms with van der Waals surface area (Å²) in [5, 5.41) is 11.8. The van der Waals surface area contributed by atoms with E-state index in [1.165, 1.54) is 12.8 Å². The maximum atomic E-state index is 12.1. The molecule has 0 aromatic carbocycles. The summed E-state index contributed by atoms with van der Waals surface area (Å²) in [6.07, 6.45) is 5.51. The largest absolute Gasteiger partial charge is 0.480 e. The van der Waals surface area contributed by atoms with Crippen LogP contribution in [-0.4, -0.2) is 41.1 Å². The van der Waals surface area contributed by atoms with Crippen molar-refractivity contribution in [2.45, 2.75) is 58.4 Å². The lowest BCUT2D eigenvalue weighted by Crippen LogP contribution is -2.48. The fraction of sp³-hybridized carbons (Fsp3) is 0.857. The van der Waals surface area contributed by atoms with Gasteiger partial charge in [0, 0.05) is 13.1 Å². The second-order valence-corrected chi connectivity index (χ2v) is 5.37. The number of amides is 2. The van der Waals surface area contributed by atoms with Gasteiger partial charge in [0.2, 0.25) is 0 Å². The smallest absolute Gasteiger partial charge is 0.326 e. The molecule has 0 bridgehead atoms. The molecule has 19 heavy (non-hydrogen) atoms. The highest BCUT2D eigenvalue weighted by Gasteiger charge is 2.28. The summed E-state index contributed by atoms with van der Waals surface area (Å²) < 4.78 is 0. The lowest BCUT2D eigenvalue weighted by Gasteiger charge is -2.24. The predicted octanol–water partition coefficient (Wildman–Crippen LogP) is 2.46. The van der Waals surface area contributed by atoms with Crippen LogP contribution in [0, 0.1) is 5.92 Å². The maximum Gasteiger partial charge on any atom is 0.326 e. The summed E-state index contributed by atoms with van der Waals surface area (Å²) in [6.45, 7) is 5.50. The summed E-state index contributed by atoms with van der Waals surface area (Å²) in [6, 6.07) is -0.983. The van der Waals surface area contributed by atoms with Crippen molar-refractivity contribution in [1.82, 2.24) is 10.2 Å². The molecule has 1 saturated carbocycles. The minimum Gasteiger partial charge on any atom is -0.480 e. The van der Waals surface area contributed by atoms with E-state index in [1.807, 2.05) is 13.8 Å². The minimum atomic E-state index is -0.940. The minimum absolute atomic E-state index is 0.225. The van der Waals surface area contributed by atoms with E-state index in [2.05, 4.69) is 5.32 Å². The number of hydrogen-bond acceptors (Lipinski definition) is 2. The quantitative estimate of drug-likeness (QED) is 0.676. The number of carboxylic acid groups (broad SMARTS) is 1. The molecule has 110 valence electrons. The molecule has 0 spiro atoms. The number of aliphatic carboxylic acids is 1. The van der Waals surface area contributed by atoms with Gasteiger partial charge in [-0.15, -0.1) is 0 Å². The summed E-state index contributed by atoms with van der Waals surface area (Å²) in [4.78, 5) is 25.0. The van der Waals surface area contributed by atoms with Crippen LogP contribution in [0.25, 0.3) is 0 Å². The van der Waals surface area contributed by atoms with Gasteiger partial charge >= 0.3 is 12.0 Å². The van der Waals surface area contributed by atoms with E-state index < -0.39 is 12.0 Å². The third-order valence-corrected chi connectivity index (χ3v) is 3.40. The monoisotopic (exact) mass is 270 g/mol. The van der Waals surface area contributed by atoms with Crippen LogP contribution in [-0.2, 0) is 4.79 Å². The van der Waals surface area contributed by atoms with Crippen LogP contribution in [0.4, 0.5) is 4.79 Å². The topological polar surface area (TPSA) is 69.6 Å². The van der Waals surface area contributed by atoms with Gasteiger partial charge in [0.1, 0.15) is 6.04 Å². The number of nitrogens with one attached hydrogen (secondary N) is 1. The Morgan fingerprint density at radius 2 is 2.00 bits per heavy atom. The molecule has 1 fully saturated rings. The molecule has 0 aromatic heterocycles. The van der Waals surface area contributed by atoms with Crippen LogP contribution in [0.15, 0.2) is 0 Å². The van der Waals surface area contributed by atoms with Crippen molar-refractivity contribution in [2.24, 2.45) is 5.92 Å². The molecule has 2 N–H and O–H groups in total. The van der Waals surface area contributed by atoms with Gasteiger partial charge < -0.3 is 15.3 Å². The van der Waals surface area contributed by atoms with E-state index >= 15 is 0 Å². The van der Waals surface area contributed by atoms with Crippen molar-refractivity contribution in [3.63, 3.8) is 0 Å². The number of hydrogen-bond donors (Lipinski definition) is 2. The number of carboxylic acids is 1. The first kappa shape index (κ1) is 15.8. The summed E-state index contributed by atoms with van der Waals surface area (Å²) >= 11 is 0. The average Bonchev–Trinajstić information content (AvgIpc) is 3.17. The highest BCUT2D eigenvalue weighted by Crippen LogP contribution is 2.29. The van der Waals surface area contributed by atoms with Crippen molar-refractivity contribution < 1.29 is 14.7 Å². The van der Waals surface area contributed by atoms with Crippen LogP contribution in [0.2, 0.25) is 0 Å². The predicted molar refractivity (Wildman–Crippen MR) is 74.1 cm³/mol. The Morgan fingerprint density at radius 3 is 2.47 bits per heavy atom. The first-order valence-corrected chi connectivity index (χ1v) is 7.36. The lowest BCUT2D eigenvalue weighted by molar-refractivity contribution is -0.139. The van der Waals surface area contributed by atoms with Crippen LogP contribution in [0.5, 0.6) is 0 Å². The molecule has 1 aliphatic carbocycles. The van der Waals surface area contributed by atoms with Gasteiger partial charge in [0.05, 0.1) is 0 Å². The molecule has 0 radical (unpaired) electrons. The van der Waals surface area contributed by atoms with Gasteiger partial charge in [0.25, 0.3) is 0 Å². The van der Waals surface area contributed by atoms with E-state index in [0.29, 0.717) is 18.9 Å². The van der Waals surface area contributed by atoms with E-state index in [4.69, 9.17) is 5.11 Å². The van der Waals surface area contributed by atoms with E-state index in [9.17, 15) is 9.59 Å². The van der Waals surface area contributed by atoms with Crippen LogP contribution in [0.3, 0.4) is 0 Å². The summed E-state index contributed by atoms with van der Waals surface area (Å²) in [5.41, 5.74) is 0. The molecule has 1 atom stereocenters. The van der Waals surface area contributed by atoms with Crippen molar-refractivity contribution >= 4 is 12.0 Å². The molecule has 0 heterocycles. The molecule has 0 aromatic rings. The first-order chi connectivity index (χ1) is 9.08. The molecular formula is C14H26N2O3. The maximum absolute atomic E-state index is 12.1. The average molecular weight is 270 g/mol. The fourth-order valence-corrected chi connectivity index (χ4v) is 2.06. The third-order valence-electron chi connectivity index (χ3n) is 3.40. The highest BCUT2D eigenvalue weighted by molar-refractivity contribution is 5.82. The second kappa shape index (κ2) is 8.02. The van der Waals surface area contributed by atoms with Gasteiger partial charge in [-0.3, -0.25) is 0 Å². The van der Waals surface area contributed by atoms with Crippen molar-refractivity contribution in [3.8, 4) is 0 Å². The third kappa shape index (κ3) is 5.94. The zero-order valence-corrected chi connectivity index (χ0v) is 12.0. The molecule has 0 saturated heterocycles. The summed E-state index contributed by atoms with van der Waals surface area (Å²) in [5.74, 6) is -0.319. The standard InChI is InChI=1S/C14H26N2O3/c1-3-5-6-12(13(17)18)15-14(19)16(9-4-2)10-11-7-8-11/h11-12H,3-10H2,1-2H3,(H,15,19)(H,17,18)/t12-/m0/s1. The zero-order chi connectivity index (χ0) is 14.3. The molecule has 1 aliphatic rings. The number of rotatable bonds is 9. The Balaban J connectivity index is 2.48. The van der Waals surface area contributed by atoms with E-state index in [1.54, 1.807) is 4.90 Å². The Kier molecular flexibility index (Phi) is 6.67. The Morgan fingerprint density at radius 1 is 1.32 bits per heavy atom. The highest BCUT2D eigenvalue weighted by atomic mass is 16.4. The zero-order valence-electron chi connectivity index (χ0n) is 12.0. The second-order valence-electron chi connectivity index (χ2n) is 5.37. The fourth-order valence-electron chi connectivity index (χ4n) is 2.06. The number of nitrogens with zero attached hydrogens (tertiary/aromatic N) is 1. The number of unbranched alkanes of at least 4 members (excludes halogenated alkanes) is 1. The molecule has 2 amide bonds. The number of urea groups is 1. The van der Waals surface area contributed by atoms with Crippen LogP contribution >= 0.6 is 0 Å². The SMILES string of the molecule is CCCC[C@H](NC(=O)N(CCC)CC1CC1)C(=O)O. The molecule has 0 aliphatic heterocycles. The van der Waals surface area contributed by atoms with Crippen LogP contribution in [0.1, 0.15) is 52.4 Å². The molecule has 0 unspecified atom stereocenters. The van der Waals surface area contributed by atoms with E-state index in [0.717, 1.165) is 25.8 Å². The van der Waals surface area contributed by atoms with E-state index in [-0.39, 0.29) is 6.03 Å². The van der Waals surface area contributed by atoms with Gasteiger partial charge in [-0.2, -0.15) is 0 Å². The molecule has 5 heteroatoms. The first-order valence-electron chi connectivity index (χ1n) is 7.36. The van der Waals surface area contributed by atoms with Crippen molar-refractivity contribution in [3.05, 3.63) is 0 Å². The van der Waals surface area contributed by atoms with Crippen molar-refractivity contribution in [1.29, 1.82) is 0 Å². The van der Waals surface area contributed by atoms with Gasteiger partial charge in [-0.1, -0.05) is 26.7 Å². The van der Waals surface area contributed by atoms with Crippen LogP contribution < -0.4 is 5.32 Å². The van der Waals surface area contributed by atoms with Gasteiger partial charge in [-0.05, 0) is 31.6 Å². The summed E-state index contributed by atoms with van der Waals surface area (Å²) in [7, 11) is 0. The van der Waals surface area contributed by atoms with Gasteiger partial charge in [-0.25, -0.2) is 9.59 Å². The Bertz CT molecular complexity index is 303. The lowest BCUT2D eigenvalue weighted by atomic mass is 10.1. The number of carbonyl (C=O) groups is 2. The van der Waals surface area contributed by atoms with Crippen molar-refractivity contribution in [2.75, 3.05) is 13.1 Å². The Hall–Kier alpha value is -1.26. The van der Waals surface area contributed by atoms with Gasteiger partial charge in [0.15, 0.2) is 0 Å². The molecule has 1 rings (SSSR count). The molecule has 5 nitrogen and oxygen atoms in total. The normalized spacial score (nSPS) is 15.9. The number of carbonyl (C=O) groups excluding carboxylic acids is 1.